The number of benzene rings is 1. The second kappa shape index (κ2) is 5.93. The Morgan fingerprint density at radius 1 is 1.33 bits per heavy atom. The number of nitrogens with one attached hydrogen (secondary N) is 2. The summed E-state index contributed by atoms with van der Waals surface area (Å²) < 4.78 is 1.08. The molecule has 1 saturated heterocycles. The minimum Gasteiger partial charge on any atom is -0.369 e. The molecular weight excluding hydrogens is 330 g/mol. The Morgan fingerprint density at radius 2 is 2.10 bits per heavy atom. The quantitative estimate of drug-likeness (QED) is 0.896. The second-order valence-electron chi connectivity index (χ2n) is 5.40. The number of aryl methyl sites for hydroxylation is 1. The third-order valence-corrected chi connectivity index (χ3v) is 4.44. The molecule has 110 valence electrons. The molecule has 1 atom stereocenters. The number of carbonyl (C=O) groups excluding carboxylic acids is 1. The van der Waals surface area contributed by atoms with Crippen LogP contribution < -0.4 is 10.2 Å². The van der Waals surface area contributed by atoms with Gasteiger partial charge in [0.25, 0.3) is 5.91 Å². The van der Waals surface area contributed by atoms with Crippen LogP contribution in [0, 0.1) is 6.92 Å². The second-order valence-corrected chi connectivity index (χ2v) is 6.31. The molecule has 0 radical (unpaired) electrons. The number of hydrogen-bond acceptors (Lipinski definition) is 2. The van der Waals surface area contributed by atoms with Gasteiger partial charge in [0.2, 0.25) is 0 Å². The molecule has 1 amide bonds. The van der Waals surface area contributed by atoms with E-state index >= 15 is 0 Å². The van der Waals surface area contributed by atoms with Crippen molar-refractivity contribution in [2.75, 3.05) is 18.0 Å². The van der Waals surface area contributed by atoms with Crippen LogP contribution in [0.1, 0.15) is 22.5 Å². The number of H-pyrrole nitrogens is 1. The van der Waals surface area contributed by atoms with Crippen molar-refractivity contribution in [3.63, 3.8) is 0 Å². The number of hydrogen-bond donors (Lipinski definition) is 2. The van der Waals surface area contributed by atoms with Crippen LogP contribution in [-0.4, -0.2) is 30.0 Å². The first-order valence-electron chi connectivity index (χ1n) is 7.09. The smallest absolute Gasteiger partial charge is 0.253 e. The Bertz CT molecular complexity index is 635. The summed E-state index contributed by atoms with van der Waals surface area (Å²) in [6, 6.07) is 10.3. The molecule has 4 nitrogen and oxygen atoms in total. The summed E-state index contributed by atoms with van der Waals surface area (Å²) in [4.78, 5) is 17.6. The van der Waals surface area contributed by atoms with E-state index in [2.05, 4.69) is 43.3 Å². The molecule has 2 N–H and O–H groups in total. The van der Waals surface area contributed by atoms with Gasteiger partial charge in [-0.05, 0) is 43.7 Å². The standard InChI is InChI=1S/C16H18BrN3O/c1-11-15(6-8-18-11)16(21)19-13-7-9-20(10-13)14-4-2-12(17)3-5-14/h2-6,8,13,18H,7,9-10H2,1H3,(H,19,21). The van der Waals surface area contributed by atoms with Gasteiger partial charge in [-0.3, -0.25) is 4.79 Å². The third-order valence-electron chi connectivity index (χ3n) is 3.91. The first-order valence-corrected chi connectivity index (χ1v) is 7.88. The summed E-state index contributed by atoms with van der Waals surface area (Å²) in [6.45, 7) is 3.74. The van der Waals surface area contributed by atoms with Crippen LogP contribution in [0.3, 0.4) is 0 Å². The topological polar surface area (TPSA) is 48.1 Å². The number of amides is 1. The lowest BCUT2D eigenvalue weighted by Crippen LogP contribution is -2.37. The molecule has 1 aliphatic heterocycles. The van der Waals surface area contributed by atoms with Crippen LogP contribution in [0.15, 0.2) is 41.0 Å². The minimum atomic E-state index is 0.0106. The maximum atomic E-state index is 12.2. The van der Waals surface area contributed by atoms with Crippen molar-refractivity contribution >= 4 is 27.5 Å². The molecule has 21 heavy (non-hydrogen) atoms. The molecule has 5 heteroatoms. The van der Waals surface area contributed by atoms with E-state index in [1.54, 1.807) is 6.20 Å². The van der Waals surface area contributed by atoms with E-state index in [4.69, 9.17) is 0 Å². The molecule has 1 aromatic carbocycles. The van der Waals surface area contributed by atoms with Crippen LogP contribution >= 0.6 is 15.9 Å². The van der Waals surface area contributed by atoms with Gasteiger partial charge < -0.3 is 15.2 Å². The predicted octanol–water partition coefficient (Wildman–Crippen LogP) is 3.09. The van der Waals surface area contributed by atoms with Gasteiger partial charge in [-0.15, -0.1) is 0 Å². The zero-order valence-corrected chi connectivity index (χ0v) is 13.5. The monoisotopic (exact) mass is 347 g/mol. The summed E-state index contributed by atoms with van der Waals surface area (Å²) in [5.74, 6) is 0.0106. The summed E-state index contributed by atoms with van der Waals surface area (Å²) in [7, 11) is 0. The molecule has 1 aliphatic rings. The number of aromatic amines is 1. The van der Waals surface area contributed by atoms with Gasteiger partial charge in [0.1, 0.15) is 0 Å². The van der Waals surface area contributed by atoms with E-state index < -0.39 is 0 Å². The van der Waals surface area contributed by atoms with Crippen molar-refractivity contribution in [2.24, 2.45) is 0 Å². The van der Waals surface area contributed by atoms with Crippen molar-refractivity contribution in [1.29, 1.82) is 0 Å². The van der Waals surface area contributed by atoms with E-state index in [1.807, 2.05) is 25.1 Å². The first kappa shape index (κ1) is 14.2. The molecular formula is C16H18BrN3O. The number of carbonyl (C=O) groups is 1. The molecule has 2 aromatic rings. The zero-order chi connectivity index (χ0) is 14.8. The fourth-order valence-electron chi connectivity index (χ4n) is 2.73. The van der Waals surface area contributed by atoms with Gasteiger partial charge in [-0.2, -0.15) is 0 Å². The lowest BCUT2D eigenvalue weighted by molar-refractivity contribution is 0.0940. The molecule has 3 rings (SSSR count). The Kier molecular flexibility index (Phi) is 4.01. The highest BCUT2D eigenvalue weighted by Crippen LogP contribution is 2.22. The Balaban J connectivity index is 1.61. The van der Waals surface area contributed by atoms with Crippen LogP contribution in [0.5, 0.6) is 0 Å². The van der Waals surface area contributed by atoms with Gasteiger partial charge in [0, 0.05) is 41.2 Å². The number of anilines is 1. The normalized spacial score (nSPS) is 18.0. The summed E-state index contributed by atoms with van der Waals surface area (Å²) in [5, 5.41) is 3.12. The van der Waals surface area contributed by atoms with Crippen molar-refractivity contribution in [2.45, 2.75) is 19.4 Å². The maximum Gasteiger partial charge on any atom is 0.253 e. The van der Waals surface area contributed by atoms with Gasteiger partial charge in [-0.1, -0.05) is 15.9 Å². The Labute approximate surface area is 132 Å². The molecule has 0 bridgehead atoms. The molecule has 0 aliphatic carbocycles. The number of rotatable bonds is 3. The number of aromatic nitrogens is 1. The highest BCUT2D eigenvalue weighted by Gasteiger charge is 2.24. The molecule has 0 spiro atoms. The van der Waals surface area contributed by atoms with Crippen molar-refractivity contribution in [3.05, 3.63) is 52.3 Å². The average molecular weight is 348 g/mol. The Morgan fingerprint density at radius 3 is 2.76 bits per heavy atom. The van der Waals surface area contributed by atoms with Gasteiger partial charge >= 0.3 is 0 Å². The molecule has 1 aromatic heterocycles. The summed E-state index contributed by atoms with van der Waals surface area (Å²) in [5.41, 5.74) is 2.85. The first-order chi connectivity index (χ1) is 10.1. The van der Waals surface area contributed by atoms with Gasteiger partial charge in [0.15, 0.2) is 0 Å². The molecule has 1 fully saturated rings. The molecule has 0 saturated carbocycles. The van der Waals surface area contributed by atoms with Crippen LogP contribution in [0.4, 0.5) is 5.69 Å². The van der Waals surface area contributed by atoms with E-state index in [1.165, 1.54) is 5.69 Å². The average Bonchev–Trinajstić information content (AvgIpc) is 3.09. The molecule has 2 heterocycles. The highest BCUT2D eigenvalue weighted by atomic mass is 79.9. The van der Waals surface area contributed by atoms with E-state index in [0.717, 1.165) is 35.2 Å². The van der Waals surface area contributed by atoms with Crippen LogP contribution in [0.2, 0.25) is 0 Å². The fraction of sp³-hybridized carbons (Fsp3) is 0.312. The van der Waals surface area contributed by atoms with Gasteiger partial charge in [-0.25, -0.2) is 0 Å². The maximum absolute atomic E-state index is 12.2. The summed E-state index contributed by atoms with van der Waals surface area (Å²) in [6.07, 6.45) is 2.78. The predicted molar refractivity (Wildman–Crippen MR) is 87.8 cm³/mol. The summed E-state index contributed by atoms with van der Waals surface area (Å²) >= 11 is 3.45. The van der Waals surface area contributed by atoms with Gasteiger partial charge in [0.05, 0.1) is 5.56 Å². The van der Waals surface area contributed by atoms with E-state index in [9.17, 15) is 4.79 Å². The Hall–Kier alpha value is -1.75. The third kappa shape index (κ3) is 3.13. The number of nitrogens with zero attached hydrogens (tertiary/aromatic N) is 1. The SMILES string of the molecule is Cc1[nH]ccc1C(=O)NC1CCN(c2ccc(Br)cc2)C1. The molecule has 1 unspecified atom stereocenters. The largest absolute Gasteiger partial charge is 0.369 e. The number of halogens is 1. The van der Waals surface area contributed by atoms with Crippen molar-refractivity contribution in [1.82, 2.24) is 10.3 Å². The minimum absolute atomic E-state index is 0.0106. The lowest BCUT2D eigenvalue weighted by Gasteiger charge is -2.19. The van der Waals surface area contributed by atoms with Crippen LogP contribution in [0.25, 0.3) is 0 Å². The van der Waals surface area contributed by atoms with E-state index in [-0.39, 0.29) is 11.9 Å². The zero-order valence-electron chi connectivity index (χ0n) is 11.9. The van der Waals surface area contributed by atoms with E-state index in [0.29, 0.717) is 0 Å². The van der Waals surface area contributed by atoms with Crippen LogP contribution in [-0.2, 0) is 0 Å². The lowest BCUT2D eigenvalue weighted by atomic mass is 10.2. The van der Waals surface area contributed by atoms with Crippen molar-refractivity contribution in [3.8, 4) is 0 Å². The van der Waals surface area contributed by atoms with Crippen molar-refractivity contribution < 1.29 is 4.79 Å². The highest BCUT2D eigenvalue weighted by molar-refractivity contribution is 9.10. The fourth-order valence-corrected chi connectivity index (χ4v) is 2.99.